The number of hydrogen-bond acceptors (Lipinski definition) is 4. The highest BCUT2D eigenvalue weighted by atomic mass is 35.5. The summed E-state index contributed by atoms with van der Waals surface area (Å²) in [5, 5.41) is 2.74. The number of nitrogens with two attached hydrogens (primary N) is 1. The first-order valence-electron chi connectivity index (χ1n) is 7.36. The van der Waals surface area contributed by atoms with E-state index in [1.807, 2.05) is 20.8 Å². The molecule has 8 heteroatoms. The number of halogens is 1. The summed E-state index contributed by atoms with van der Waals surface area (Å²) >= 11 is 0. The van der Waals surface area contributed by atoms with Crippen LogP contribution in [0.25, 0.3) is 0 Å². The third-order valence-corrected chi connectivity index (χ3v) is 4.43. The monoisotopic (exact) mass is 363 g/mol. The Morgan fingerprint density at radius 2 is 1.74 bits per heavy atom. The normalized spacial score (nSPS) is 12.6. The van der Waals surface area contributed by atoms with Crippen molar-refractivity contribution in [2.45, 2.75) is 38.1 Å². The molecule has 0 saturated carbocycles. The molecule has 1 aromatic rings. The van der Waals surface area contributed by atoms with Gasteiger partial charge in [-0.15, -0.1) is 12.4 Å². The number of benzene rings is 1. The van der Waals surface area contributed by atoms with E-state index in [2.05, 4.69) is 10.0 Å². The lowest BCUT2D eigenvalue weighted by Crippen LogP contribution is -2.29. The molecule has 0 fully saturated rings. The van der Waals surface area contributed by atoms with E-state index in [-0.39, 0.29) is 35.2 Å². The van der Waals surface area contributed by atoms with E-state index in [4.69, 9.17) is 5.73 Å². The standard InChI is InChI=1S/C15H25N3O3S.ClH/c1-11(2)10-18-22(20,21)14-6-4-13(5-7-14)15(19)17-9-8-12(3)16;/h4-7,11-12,18H,8-10,16H2,1-3H3,(H,17,19);1H. The van der Waals surface area contributed by atoms with Crippen LogP contribution in [0.4, 0.5) is 0 Å². The average molecular weight is 364 g/mol. The van der Waals surface area contributed by atoms with Gasteiger partial charge in [0.2, 0.25) is 10.0 Å². The molecule has 0 aliphatic rings. The third kappa shape index (κ3) is 7.78. The lowest BCUT2D eigenvalue weighted by molar-refractivity contribution is 0.0952. The zero-order chi connectivity index (χ0) is 16.8. The highest BCUT2D eigenvalue weighted by Crippen LogP contribution is 2.11. The molecule has 0 aromatic heterocycles. The van der Waals surface area contributed by atoms with Gasteiger partial charge in [0.15, 0.2) is 0 Å². The van der Waals surface area contributed by atoms with Crippen molar-refractivity contribution in [2.75, 3.05) is 13.1 Å². The van der Waals surface area contributed by atoms with Gasteiger partial charge >= 0.3 is 0 Å². The predicted octanol–water partition coefficient (Wildman–Crippen LogP) is 1.51. The van der Waals surface area contributed by atoms with Gasteiger partial charge in [-0.1, -0.05) is 13.8 Å². The van der Waals surface area contributed by atoms with Crippen LogP contribution in [0.15, 0.2) is 29.2 Å². The van der Waals surface area contributed by atoms with E-state index in [1.54, 1.807) is 0 Å². The van der Waals surface area contributed by atoms with Crippen LogP contribution >= 0.6 is 12.4 Å². The molecular formula is C15H26ClN3O3S. The molecular weight excluding hydrogens is 338 g/mol. The second-order valence-electron chi connectivity index (χ2n) is 5.79. The summed E-state index contributed by atoms with van der Waals surface area (Å²) in [5.41, 5.74) is 6.03. The van der Waals surface area contributed by atoms with Gasteiger partial charge in [-0.3, -0.25) is 4.79 Å². The minimum Gasteiger partial charge on any atom is -0.352 e. The van der Waals surface area contributed by atoms with Crippen LogP contribution in [0.3, 0.4) is 0 Å². The van der Waals surface area contributed by atoms with E-state index in [1.165, 1.54) is 24.3 Å². The number of nitrogens with one attached hydrogen (secondary N) is 2. The fourth-order valence-electron chi connectivity index (χ4n) is 1.66. The first-order chi connectivity index (χ1) is 10.2. The van der Waals surface area contributed by atoms with Crippen molar-refractivity contribution in [3.05, 3.63) is 29.8 Å². The molecule has 1 unspecified atom stereocenters. The van der Waals surface area contributed by atoms with Crippen LogP contribution in [0.5, 0.6) is 0 Å². The van der Waals surface area contributed by atoms with E-state index in [0.29, 0.717) is 25.1 Å². The largest absolute Gasteiger partial charge is 0.352 e. The van der Waals surface area contributed by atoms with Crippen LogP contribution in [0, 0.1) is 5.92 Å². The summed E-state index contributed by atoms with van der Waals surface area (Å²) in [5.74, 6) is -0.00972. The first kappa shape index (κ1) is 21.9. The Hall–Kier alpha value is -1.15. The zero-order valence-electron chi connectivity index (χ0n) is 13.7. The molecule has 0 heterocycles. The fraction of sp³-hybridized carbons (Fsp3) is 0.533. The van der Waals surface area contributed by atoms with E-state index in [9.17, 15) is 13.2 Å². The smallest absolute Gasteiger partial charge is 0.251 e. The van der Waals surface area contributed by atoms with E-state index in [0.717, 1.165) is 0 Å². The maximum Gasteiger partial charge on any atom is 0.251 e. The van der Waals surface area contributed by atoms with Gasteiger partial charge in [-0.25, -0.2) is 13.1 Å². The number of amides is 1. The Morgan fingerprint density at radius 1 is 1.17 bits per heavy atom. The van der Waals surface area contributed by atoms with Gasteiger partial charge in [-0.2, -0.15) is 0 Å². The maximum atomic E-state index is 12.0. The number of carbonyl (C=O) groups is 1. The second-order valence-corrected chi connectivity index (χ2v) is 7.56. The van der Waals surface area contributed by atoms with Crippen LogP contribution in [0.2, 0.25) is 0 Å². The van der Waals surface area contributed by atoms with Crippen molar-refractivity contribution < 1.29 is 13.2 Å². The lowest BCUT2D eigenvalue weighted by atomic mass is 10.2. The number of carbonyl (C=O) groups excluding carboxylic acids is 1. The minimum atomic E-state index is -3.52. The zero-order valence-corrected chi connectivity index (χ0v) is 15.3. The molecule has 1 amide bonds. The molecule has 0 aliphatic heterocycles. The molecule has 0 radical (unpaired) electrons. The van der Waals surface area contributed by atoms with Crippen molar-refractivity contribution in [1.82, 2.24) is 10.0 Å². The van der Waals surface area contributed by atoms with Crippen LogP contribution in [0.1, 0.15) is 37.6 Å². The average Bonchev–Trinajstić information content (AvgIpc) is 2.45. The lowest BCUT2D eigenvalue weighted by Gasteiger charge is -2.10. The molecule has 1 atom stereocenters. The summed E-state index contributed by atoms with van der Waals surface area (Å²) in [4.78, 5) is 12.0. The van der Waals surface area contributed by atoms with Gasteiger partial charge in [0, 0.05) is 24.7 Å². The maximum absolute atomic E-state index is 12.0. The summed E-state index contributed by atoms with van der Waals surface area (Å²) in [6.45, 7) is 6.60. The molecule has 0 spiro atoms. The quantitative estimate of drug-likeness (QED) is 0.651. The van der Waals surface area contributed by atoms with Crippen molar-refractivity contribution >= 4 is 28.3 Å². The molecule has 1 rings (SSSR count). The van der Waals surface area contributed by atoms with Gasteiger partial charge in [0.25, 0.3) is 5.91 Å². The van der Waals surface area contributed by atoms with Crippen LogP contribution in [-0.2, 0) is 10.0 Å². The van der Waals surface area contributed by atoms with Crippen molar-refractivity contribution in [3.63, 3.8) is 0 Å². The molecule has 23 heavy (non-hydrogen) atoms. The van der Waals surface area contributed by atoms with Gasteiger partial charge < -0.3 is 11.1 Å². The Labute approximate surface area is 144 Å². The van der Waals surface area contributed by atoms with Gasteiger partial charge in [0.05, 0.1) is 4.90 Å². The van der Waals surface area contributed by atoms with Crippen molar-refractivity contribution in [2.24, 2.45) is 11.7 Å². The second kappa shape index (κ2) is 9.87. The highest BCUT2D eigenvalue weighted by molar-refractivity contribution is 7.89. The first-order valence-corrected chi connectivity index (χ1v) is 8.84. The Kier molecular flexibility index (Phi) is 9.38. The molecule has 1 aromatic carbocycles. The molecule has 0 saturated heterocycles. The number of rotatable bonds is 8. The van der Waals surface area contributed by atoms with Crippen LogP contribution < -0.4 is 15.8 Å². The fourth-order valence-corrected chi connectivity index (χ4v) is 2.87. The number of hydrogen-bond donors (Lipinski definition) is 3. The molecule has 4 N–H and O–H groups in total. The van der Waals surface area contributed by atoms with Crippen molar-refractivity contribution in [1.29, 1.82) is 0 Å². The number of sulfonamides is 1. The highest BCUT2D eigenvalue weighted by Gasteiger charge is 2.15. The Bertz CT molecular complexity index is 586. The Morgan fingerprint density at radius 3 is 2.22 bits per heavy atom. The van der Waals surface area contributed by atoms with Gasteiger partial charge in [0.1, 0.15) is 0 Å². The molecule has 132 valence electrons. The topological polar surface area (TPSA) is 101 Å². The summed E-state index contributed by atoms with van der Waals surface area (Å²) in [7, 11) is -3.52. The van der Waals surface area contributed by atoms with Gasteiger partial charge in [-0.05, 0) is 43.5 Å². The van der Waals surface area contributed by atoms with E-state index >= 15 is 0 Å². The van der Waals surface area contributed by atoms with E-state index < -0.39 is 10.0 Å². The molecule has 6 nitrogen and oxygen atoms in total. The minimum absolute atomic E-state index is 0. The Balaban J connectivity index is 0.00000484. The SMILES string of the molecule is CC(C)CNS(=O)(=O)c1ccc(C(=O)NCCC(C)N)cc1.Cl. The van der Waals surface area contributed by atoms with Crippen molar-refractivity contribution in [3.8, 4) is 0 Å². The third-order valence-electron chi connectivity index (χ3n) is 2.99. The summed E-state index contributed by atoms with van der Waals surface area (Å²) in [6.07, 6.45) is 0.692. The summed E-state index contributed by atoms with van der Waals surface area (Å²) < 4.78 is 26.6. The summed E-state index contributed by atoms with van der Waals surface area (Å²) in [6, 6.07) is 5.91. The predicted molar refractivity (Wildman–Crippen MR) is 94.3 cm³/mol. The molecule has 0 aliphatic carbocycles. The molecule has 0 bridgehead atoms. The van der Waals surface area contributed by atoms with Crippen LogP contribution in [-0.4, -0.2) is 33.5 Å².